The van der Waals surface area contributed by atoms with Crippen LogP contribution in [0.15, 0.2) is 35.2 Å². The Kier molecular flexibility index (Phi) is 6.45. The molecule has 170 valence electrons. The average molecular weight is 466 g/mol. The molecule has 1 fully saturated rings. The maximum atomic E-state index is 13.1. The lowest BCUT2D eigenvalue weighted by Crippen LogP contribution is -2.39. The minimum absolute atomic E-state index is 0.0377. The quantitative estimate of drug-likeness (QED) is 0.563. The van der Waals surface area contributed by atoms with Crippen LogP contribution in [0.4, 0.5) is 13.2 Å². The van der Waals surface area contributed by atoms with Gasteiger partial charge in [0.1, 0.15) is 5.82 Å². The number of pyridine rings is 1. The zero-order valence-electron chi connectivity index (χ0n) is 17.1. The third-order valence-electron chi connectivity index (χ3n) is 5.53. The van der Waals surface area contributed by atoms with Crippen LogP contribution in [0.25, 0.3) is 5.65 Å². The molecule has 0 aromatic carbocycles. The first-order valence-electron chi connectivity index (χ1n) is 10.3. The fourth-order valence-electron chi connectivity index (χ4n) is 3.86. The van der Waals surface area contributed by atoms with Gasteiger partial charge in [0.15, 0.2) is 5.65 Å². The summed E-state index contributed by atoms with van der Waals surface area (Å²) in [5, 5.41) is 14.5. The molecule has 32 heavy (non-hydrogen) atoms. The van der Waals surface area contributed by atoms with Crippen LogP contribution >= 0.6 is 11.3 Å². The van der Waals surface area contributed by atoms with Gasteiger partial charge in [-0.2, -0.15) is 24.5 Å². The normalized spacial score (nSPS) is 17.0. The topological polar surface area (TPSA) is 79.6 Å². The number of amides is 2. The highest BCUT2D eigenvalue weighted by molar-refractivity contribution is 7.08. The lowest BCUT2D eigenvalue weighted by atomic mass is 9.96. The van der Waals surface area contributed by atoms with E-state index in [1.54, 1.807) is 16.3 Å². The SMILES string of the molecule is O=C(NCCCC(=O)N1CCCC(c2nnc3ccc(C(F)(F)F)cn23)C1)c1ccsc1. The van der Waals surface area contributed by atoms with Crippen LogP contribution in [0.3, 0.4) is 0 Å². The maximum absolute atomic E-state index is 13.1. The van der Waals surface area contributed by atoms with Gasteiger partial charge >= 0.3 is 6.18 Å². The van der Waals surface area contributed by atoms with Crippen molar-refractivity contribution in [3.8, 4) is 0 Å². The molecule has 3 aromatic rings. The standard InChI is InChI=1S/C21H22F3N5O2S/c22-21(23,24)16-5-6-17-26-27-19(29(17)12-16)14-3-2-9-28(11-14)18(30)4-1-8-25-20(31)15-7-10-32-13-15/h5-7,10,12-14H,1-4,8-9,11H2,(H,25,31). The van der Waals surface area contributed by atoms with Crippen molar-refractivity contribution in [2.24, 2.45) is 0 Å². The van der Waals surface area contributed by atoms with Crippen molar-refractivity contribution in [3.05, 3.63) is 52.1 Å². The molecule has 2 amide bonds. The number of aromatic nitrogens is 3. The molecule has 3 aromatic heterocycles. The fourth-order valence-corrected chi connectivity index (χ4v) is 4.50. The Balaban J connectivity index is 1.35. The van der Waals surface area contributed by atoms with E-state index < -0.39 is 11.7 Å². The summed E-state index contributed by atoms with van der Waals surface area (Å²) in [6, 6.07) is 4.03. The molecule has 0 radical (unpaired) electrons. The number of likely N-dealkylation sites (tertiary alicyclic amines) is 1. The summed E-state index contributed by atoms with van der Waals surface area (Å²) in [6.07, 6.45) is -1.18. The van der Waals surface area contributed by atoms with Gasteiger partial charge in [0, 0.05) is 49.1 Å². The molecule has 0 bridgehead atoms. The third-order valence-corrected chi connectivity index (χ3v) is 6.21. The van der Waals surface area contributed by atoms with Gasteiger partial charge in [-0.15, -0.1) is 10.2 Å². The number of fused-ring (bicyclic) bond motifs is 1. The van der Waals surface area contributed by atoms with E-state index in [1.165, 1.54) is 21.8 Å². The molecule has 4 rings (SSSR count). The zero-order chi connectivity index (χ0) is 22.7. The second-order valence-electron chi connectivity index (χ2n) is 7.75. The van der Waals surface area contributed by atoms with Gasteiger partial charge in [-0.25, -0.2) is 0 Å². The van der Waals surface area contributed by atoms with Crippen molar-refractivity contribution < 1.29 is 22.8 Å². The van der Waals surface area contributed by atoms with Gasteiger partial charge in [0.05, 0.1) is 5.56 Å². The molecule has 1 N–H and O–H groups in total. The monoisotopic (exact) mass is 465 g/mol. The van der Waals surface area contributed by atoms with Gasteiger partial charge in [-0.1, -0.05) is 0 Å². The summed E-state index contributed by atoms with van der Waals surface area (Å²) in [4.78, 5) is 26.3. The first kappa shape index (κ1) is 22.3. The van der Waals surface area contributed by atoms with E-state index in [2.05, 4.69) is 15.5 Å². The smallest absolute Gasteiger partial charge is 0.352 e. The second-order valence-corrected chi connectivity index (χ2v) is 8.53. The summed E-state index contributed by atoms with van der Waals surface area (Å²) >= 11 is 1.44. The molecule has 0 spiro atoms. The van der Waals surface area contributed by atoms with Crippen LogP contribution in [0.1, 0.15) is 53.3 Å². The van der Waals surface area contributed by atoms with E-state index in [4.69, 9.17) is 0 Å². The van der Waals surface area contributed by atoms with Crippen molar-refractivity contribution in [1.82, 2.24) is 24.8 Å². The van der Waals surface area contributed by atoms with Crippen LogP contribution in [0, 0.1) is 0 Å². The number of nitrogens with zero attached hydrogens (tertiary/aromatic N) is 4. The third kappa shape index (κ3) is 4.93. The Morgan fingerprint density at radius 2 is 2.06 bits per heavy atom. The van der Waals surface area contributed by atoms with Gasteiger partial charge in [0.2, 0.25) is 5.91 Å². The summed E-state index contributed by atoms with van der Waals surface area (Å²) < 4.78 is 40.7. The number of alkyl halides is 3. The second kappa shape index (κ2) is 9.27. The number of carbonyl (C=O) groups is 2. The Morgan fingerprint density at radius 3 is 2.81 bits per heavy atom. The van der Waals surface area contributed by atoms with Gasteiger partial charge < -0.3 is 10.2 Å². The van der Waals surface area contributed by atoms with Gasteiger partial charge in [0.25, 0.3) is 5.91 Å². The minimum atomic E-state index is -4.46. The molecule has 1 saturated heterocycles. The Morgan fingerprint density at radius 1 is 1.22 bits per heavy atom. The number of nitrogens with one attached hydrogen (secondary N) is 1. The van der Waals surface area contributed by atoms with Crippen LogP contribution < -0.4 is 5.32 Å². The molecule has 1 unspecified atom stereocenters. The van der Waals surface area contributed by atoms with Gasteiger partial charge in [-0.3, -0.25) is 14.0 Å². The molecule has 1 aliphatic heterocycles. The number of carbonyl (C=O) groups excluding carboxylic acids is 2. The highest BCUT2D eigenvalue weighted by Crippen LogP contribution is 2.31. The van der Waals surface area contributed by atoms with Gasteiger partial charge in [-0.05, 0) is 42.8 Å². The maximum Gasteiger partial charge on any atom is 0.417 e. The van der Waals surface area contributed by atoms with Crippen molar-refractivity contribution in [3.63, 3.8) is 0 Å². The number of piperidine rings is 1. The minimum Gasteiger partial charge on any atom is -0.352 e. The predicted octanol–water partition coefficient (Wildman–Crippen LogP) is 3.73. The fraction of sp³-hybridized carbons (Fsp3) is 0.429. The Bertz CT molecular complexity index is 1100. The van der Waals surface area contributed by atoms with E-state index in [0.717, 1.165) is 25.1 Å². The first-order valence-corrected chi connectivity index (χ1v) is 11.3. The molecule has 0 aliphatic carbocycles. The molecule has 4 heterocycles. The van der Waals surface area contributed by atoms with Crippen molar-refractivity contribution in [1.29, 1.82) is 0 Å². The summed E-state index contributed by atoms with van der Waals surface area (Å²) in [6.45, 7) is 1.38. The largest absolute Gasteiger partial charge is 0.417 e. The van der Waals surface area contributed by atoms with Crippen molar-refractivity contribution in [2.45, 2.75) is 37.8 Å². The predicted molar refractivity (Wildman–Crippen MR) is 112 cm³/mol. The van der Waals surface area contributed by atoms with Crippen LogP contribution in [-0.4, -0.2) is 50.9 Å². The average Bonchev–Trinajstić information content (AvgIpc) is 3.45. The number of halogens is 3. The summed E-state index contributed by atoms with van der Waals surface area (Å²) in [5.41, 5.74) is 0.187. The van der Waals surface area contributed by atoms with E-state index in [9.17, 15) is 22.8 Å². The molecular weight excluding hydrogens is 443 g/mol. The number of rotatable bonds is 6. The van der Waals surface area contributed by atoms with E-state index in [-0.39, 0.29) is 24.2 Å². The number of thiophene rings is 1. The molecular formula is C21H22F3N5O2S. The summed E-state index contributed by atoms with van der Waals surface area (Å²) in [5.74, 6) is 0.0500. The number of hydrogen-bond acceptors (Lipinski definition) is 5. The van der Waals surface area contributed by atoms with Crippen LogP contribution in [0.2, 0.25) is 0 Å². The molecule has 7 nitrogen and oxygen atoms in total. The van der Waals surface area contributed by atoms with Crippen molar-refractivity contribution >= 4 is 28.8 Å². The molecule has 11 heteroatoms. The molecule has 1 aliphatic rings. The highest BCUT2D eigenvalue weighted by atomic mass is 32.1. The Hall–Kier alpha value is -2.95. The highest BCUT2D eigenvalue weighted by Gasteiger charge is 2.32. The lowest BCUT2D eigenvalue weighted by molar-refractivity contribution is -0.137. The summed E-state index contributed by atoms with van der Waals surface area (Å²) in [7, 11) is 0. The zero-order valence-corrected chi connectivity index (χ0v) is 18.0. The molecule has 1 atom stereocenters. The first-order chi connectivity index (χ1) is 15.3. The van der Waals surface area contributed by atoms with Crippen LogP contribution in [0.5, 0.6) is 0 Å². The van der Waals surface area contributed by atoms with E-state index >= 15 is 0 Å². The van der Waals surface area contributed by atoms with E-state index in [1.807, 2.05) is 5.38 Å². The van der Waals surface area contributed by atoms with E-state index in [0.29, 0.717) is 43.1 Å². The Labute approximate surface area is 186 Å². The van der Waals surface area contributed by atoms with Crippen LogP contribution in [-0.2, 0) is 11.0 Å². The van der Waals surface area contributed by atoms with Crippen molar-refractivity contribution in [2.75, 3.05) is 19.6 Å². The lowest BCUT2D eigenvalue weighted by Gasteiger charge is -2.32. The molecule has 0 saturated carbocycles. The number of hydrogen-bond donors (Lipinski definition) is 1.